The number of sulfonamides is 1. The summed E-state index contributed by atoms with van der Waals surface area (Å²) < 4.78 is 69.0. The fourth-order valence-corrected chi connectivity index (χ4v) is 4.97. The Morgan fingerprint density at radius 1 is 1.15 bits per heavy atom. The molecule has 9 nitrogen and oxygen atoms in total. The number of hydrogen-bond donors (Lipinski definition) is 5. The van der Waals surface area contributed by atoms with E-state index in [0.29, 0.717) is 11.8 Å². The number of alkyl halides is 3. The number of aromatic amines is 1. The van der Waals surface area contributed by atoms with Crippen molar-refractivity contribution in [3.63, 3.8) is 0 Å². The summed E-state index contributed by atoms with van der Waals surface area (Å²) in [6, 6.07) is 6.43. The second-order valence-corrected chi connectivity index (χ2v) is 9.63. The number of nitrogen functional groups attached to an aromatic ring is 1. The van der Waals surface area contributed by atoms with Gasteiger partial charge in [0.1, 0.15) is 0 Å². The number of aliphatic hydroxyl groups excluding tert-OH is 1. The molecule has 2 aromatic carbocycles. The molecule has 176 valence electrons. The van der Waals surface area contributed by atoms with Gasteiger partial charge < -0.3 is 16.2 Å². The lowest BCUT2D eigenvalue weighted by Gasteiger charge is -2.31. The first-order chi connectivity index (χ1) is 15.4. The van der Waals surface area contributed by atoms with Crippen LogP contribution >= 0.6 is 11.6 Å². The molecule has 1 saturated carbocycles. The molecule has 1 aliphatic rings. The molecule has 1 aromatic heterocycles. The fourth-order valence-electron chi connectivity index (χ4n) is 3.40. The van der Waals surface area contributed by atoms with Crippen LogP contribution in [0.25, 0.3) is 11.1 Å². The van der Waals surface area contributed by atoms with Gasteiger partial charge in [0.25, 0.3) is 0 Å². The summed E-state index contributed by atoms with van der Waals surface area (Å²) in [5.74, 6) is 0.224. The topological polar surface area (TPSA) is 146 Å². The Morgan fingerprint density at radius 3 is 2.42 bits per heavy atom. The third-order valence-corrected chi connectivity index (χ3v) is 6.89. The summed E-state index contributed by atoms with van der Waals surface area (Å²) in [5, 5.41) is 18.3. The molecule has 4 rings (SSSR count). The van der Waals surface area contributed by atoms with E-state index in [1.165, 1.54) is 18.2 Å². The zero-order chi connectivity index (χ0) is 24.0. The zero-order valence-corrected chi connectivity index (χ0v) is 18.3. The predicted octanol–water partition coefficient (Wildman–Crippen LogP) is 3.27. The van der Waals surface area contributed by atoms with Crippen LogP contribution in [0.4, 0.5) is 30.8 Å². The van der Waals surface area contributed by atoms with Crippen LogP contribution in [0.1, 0.15) is 18.4 Å². The summed E-state index contributed by atoms with van der Waals surface area (Å²) >= 11 is 6.26. The standard InChI is InChI=1S/C19H18ClF3N6O3S/c20-16-7-9(25-18-26-17(24)27-28-18)1-3-14(16)13-4-2-12(8-15(13)19(21,22)23)33(31,32)29-10-5-11(30)6-10/h1-4,7-8,10-11,29-30H,5-6H2,(H4,24,25,26,27,28). The van der Waals surface area contributed by atoms with E-state index in [2.05, 4.69) is 25.2 Å². The van der Waals surface area contributed by atoms with Gasteiger partial charge in [-0.2, -0.15) is 18.2 Å². The van der Waals surface area contributed by atoms with E-state index in [0.717, 1.165) is 12.1 Å². The average Bonchev–Trinajstić information content (AvgIpc) is 3.10. The third kappa shape index (κ3) is 5.05. The summed E-state index contributed by atoms with van der Waals surface area (Å²) in [4.78, 5) is 3.33. The highest BCUT2D eigenvalue weighted by Crippen LogP contribution is 2.41. The van der Waals surface area contributed by atoms with Crippen LogP contribution in [0.2, 0.25) is 5.02 Å². The zero-order valence-electron chi connectivity index (χ0n) is 16.7. The first-order valence-electron chi connectivity index (χ1n) is 9.59. The Hall–Kier alpha value is -2.87. The van der Waals surface area contributed by atoms with Gasteiger partial charge in [-0.15, -0.1) is 5.10 Å². The molecule has 3 aromatic rings. The van der Waals surface area contributed by atoms with E-state index in [-0.39, 0.29) is 40.9 Å². The number of benzene rings is 2. The molecule has 6 N–H and O–H groups in total. The molecular weight excluding hydrogens is 485 g/mol. The molecule has 0 bridgehead atoms. The highest BCUT2D eigenvalue weighted by atomic mass is 35.5. The molecular formula is C19H18ClF3N6O3S. The van der Waals surface area contributed by atoms with E-state index in [4.69, 9.17) is 17.3 Å². The van der Waals surface area contributed by atoms with Gasteiger partial charge in [-0.1, -0.05) is 23.7 Å². The van der Waals surface area contributed by atoms with Crippen molar-refractivity contribution in [2.45, 2.75) is 36.1 Å². The monoisotopic (exact) mass is 502 g/mol. The maximum Gasteiger partial charge on any atom is 0.417 e. The Labute approximate surface area is 191 Å². The van der Waals surface area contributed by atoms with E-state index < -0.39 is 38.8 Å². The lowest BCUT2D eigenvalue weighted by Crippen LogP contribution is -2.46. The van der Waals surface area contributed by atoms with Crippen LogP contribution < -0.4 is 15.8 Å². The second-order valence-electron chi connectivity index (χ2n) is 7.51. The number of nitrogens with two attached hydrogens (primary N) is 1. The molecule has 0 saturated heterocycles. The summed E-state index contributed by atoms with van der Waals surface area (Å²) in [6.07, 6.45) is -5.05. The number of halogens is 4. The summed E-state index contributed by atoms with van der Waals surface area (Å²) in [5.41, 5.74) is 4.48. The number of nitrogens with zero attached hydrogens (tertiary/aromatic N) is 2. The highest BCUT2D eigenvalue weighted by Gasteiger charge is 2.37. The van der Waals surface area contributed by atoms with Crippen LogP contribution in [-0.2, 0) is 16.2 Å². The van der Waals surface area contributed by atoms with Crippen LogP contribution in [0.5, 0.6) is 0 Å². The highest BCUT2D eigenvalue weighted by molar-refractivity contribution is 7.89. The van der Waals surface area contributed by atoms with Gasteiger partial charge in [0, 0.05) is 17.3 Å². The van der Waals surface area contributed by atoms with Crippen molar-refractivity contribution in [1.29, 1.82) is 0 Å². The van der Waals surface area contributed by atoms with Crippen LogP contribution in [0.3, 0.4) is 0 Å². The number of aliphatic hydroxyl groups is 1. The fraction of sp³-hybridized carbons (Fsp3) is 0.263. The first-order valence-corrected chi connectivity index (χ1v) is 11.4. The number of hydrogen-bond acceptors (Lipinski definition) is 7. The molecule has 0 aliphatic heterocycles. The Kier molecular flexibility index (Phi) is 5.99. The SMILES string of the molecule is Nc1nc(Nc2ccc(-c3ccc(S(=O)(=O)NC4CC(O)C4)cc3C(F)(F)F)c(Cl)c2)n[nH]1. The van der Waals surface area contributed by atoms with Crippen molar-refractivity contribution in [2.24, 2.45) is 0 Å². The van der Waals surface area contributed by atoms with Crippen LogP contribution in [0, 0.1) is 0 Å². The molecule has 0 radical (unpaired) electrons. The van der Waals surface area contributed by atoms with Gasteiger partial charge in [0.2, 0.25) is 21.9 Å². The van der Waals surface area contributed by atoms with Crippen molar-refractivity contribution >= 4 is 39.2 Å². The molecule has 14 heteroatoms. The molecule has 1 heterocycles. The Balaban J connectivity index is 1.67. The first kappa shape index (κ1) is 23.3. The molecule has 0 atom stereocenters. The molecule has 1 aliphatic carbocycles. The summed E-state index contributed by atoms with van der Waals surface area (Å²) in [7, 11) is -4.21. The molecule has 0 amide bonds. The van der Waals surface area contributed by atoms with Gasteiger partial charge in [-0.25, -0.2) is 18.2 Å². The van der Waals surface area contributed by atoms with Crippen molar-refractivity contribution < 1.29 is 26.7 Å². The van der Waals surface area contributed by atoms with Gasteiger partial charge in [0.15, 0.2) is 0 Å². The van der Waals surface area contributed by atoms with Crippen molar-refractivity contribution in [2.75, 3.05) is 11.1 Å². The van der Waals surface area contributed by atoms with Crippen LogP contribution in [0.15, 0.2) is 41.3 Å². The van der Waals surface area contributed by atoms with E-state index >= 15 is 0 Å². The number of aromatic nitrogens is 3. The molecule has 0 unspecified atom stereocenters. The number of anilines is 3. The van der Waals surface area contributed by atoms with Crippen molar-refractivity contribution in [3.8, 4) is 11.1 Å². The van der Waals surface area contributed by atoms with Gasteiger partial charge in [-0.3, -0.25) is 0 Å². The second kappa shape index (κ2) is 8.48. The number of rotatable bonds is 6. The quantitative estimate of drug-likeness (QED) is 0.347. The lowest BCUT2D eigenvalue weighted by molar-refractivity contribution is -0.137. The molecule has 0 spiro atoms. The van der Waals surface area contributed by atoms with E-state index in [9.17, 15) is 26.7 Å². The van der Waals surface area contributed by atoms with Gasteiger partial charge >= 0.3 is 6.18 Å². The molecule has 33 heavy (non-hydrogen) atoms. The van der Waals surface area contributed by atoms with Crippen LogP contribution in [-0.4, -0.2) is 40.9 Å². The minimum absolute atomic E-state index is 0.00815. The minimum atomic E-state index is -4.84. The largest absolute Gasteiger partial charge is 0.417 e. The Bertz CT molecular complexity index is 1290. The smallest absolute Gasteiger partial charge is 0.393 e. The van der Waals surface area contributed by atoms with Gasteiger partial charge in [0.05, 0.1) is 21.6 Å². The van der Waals surface area contributed by atoms with Crippen molar-refractivity contribution in [1.82, 2.24) is 19.9 Å². The normalized spacial score (nSPS) is 18.7. The Morgan fingerprint density at radius 2 is 1.85 bits per heavy atom. The maximum atomic E-state index is 13.9. The minimum Gasteiger partial charge on any atom is -0.393 e. The predicted molar refractivity (Wildman–Crippen MR) is 115 cm³/mol. The third-order valence-electron chi connectivity index (χ3n) is 5.06. The van der Waals surface area contributed by atoms with Gasteiger partial charge in [-0.05, 0) is 42.7 Å². The summed E-state index contributed by atoms with van der Waals surface area (Å²) in [6.45, 7) is 0. The number of nitrogens with one attached hydrogen (secondary N) is 3. The molecule has 1 fully saturated rings. The van der Waals surface area contributed by atoms with E-state index in [1.54, 1.807) is 0 Å². The van der Waals surface area contributed by atoms with Crippen molar-refractivity contribution in [3.05, 3.63) is 47.0 Å². The maximum absolute atomic E-state index is 13.9. The lowest BCUT2D eigenvalue weighted by atomic mass is 9.91. The number of H-pyrrole nitrogens is 1. The average molecular weight is 503 g/mol. The van der Waals surface area contributed by atoms with E-state index in [1.807, 2.05) is 0 Å².